The first kappa shape index (κ1) is 19.3. The minimum absolute atomic E-state index is 0.0287. The zero-order valence-electron chi connectivity index (χ0n) is 16.0. The van der Waals surface area contributed by atoms with Gasteiger partial charge in [0.1, 0.15) is 0 Å². The largest absolute Gasteiger partial charge is 0.493 e. The van der Waals surface area contributed by atoms with Crippen LogP contribution in [-0.2, 0) is 11.3 Å². The van der Waals surface area contributed by atoms with Gasteiger partial charge in [0, 0.05) is 19.6 Å². The van der Waals surface area contributed by atoms with Gasteiger partial charge in [0.15, 0.2) is 11.5 Å². The smallest absolute Gasteiger partial charge is 0.319 e. The van der Waals surface area contributed by atoms with E-state index < -0.39 is 0 Å². The van der Waals surface area contributed by atoms with Crippen LogP contribution in [0.1, 0.15) is 5.56 Å². The number of methoxy groups -OCH3 is 2. The van der Waals surface area contributed by atoms with E-state index in [2.05, 4.69) is 16.0 Å². The number of para-hydroxylation sites is 2. The molecule has 0 aliphatic carbocycles. The number of benzene rings is 2. The molecule has 1 fully saturated rings. The Hall–Kier alpha value is -3.42. The average molecular weight is 384 g/mol. The third kappa shape index (κ3) is 4.64. The van der Waals surface area contributed by atoms with Crippen molar-refractivity contribution in [2.24, 2.45) is 0 Å². The molecule has 3 N–H and O–H groups in total. The number of anilines is 2. The van der Waals surface area contributed by atoms with Gasteiger partial charge in [-0.05, 0) is 29.8 Å². The van der Waals surface area contributed by atoms with Gasteiger partial charge in [-0.2, -0.15) is 0 Å². The van der Waals surface area contributed by atoms with Crippen LogP contribution in [0, 0.1) is 0 Å². The minimum atomic E-state index is -0.330. The van der Waals surface area contributed by atoms with Gasteiger partial charge in [0.2, 0.25) is 5.91 Å². The Kier molecular flexibility index (Phi) is 6.21. The number of nitrogens with zero attached hydrogens (tertiary/aromatic N) is 1. The highest BCUT2D eigenvalue weighted by Crippen LogP contribution is 2.28. The molecule has 148 valence electrons. The molecule has 3 rings (SSSR count). The Morgan fingerprint density at radius 2 is 1.93 bits per heavy atom. The lowest BCUT2D eigenvalue weighted by Crippen LogP contribution is -2.48. The first-order valence-corrected chi connectivity index (χ1v) is 8.97. The van der Waals surface area contributed by atoms with Crippen LogP contribution in [0.2, 0.25) is 0 Å². The van der Waals surface area contributed by atoms with E-state index in [9.17, 15) is 9.59 Å². The van der Waals surface area contributed by atoms with E-state index >= 15 is 0 Å². The summed E-state index contributed by atoms with van der Waals surface area (Å²) in [4.78, 5) is 26.0. The molecular formula is C20H24N4O4. The summed E-state index contributed by atoms with van der Waals surface area (Å²) >= 11 is 0. The van der Waals surface area contributed by atoms with Crippen LogP contribution < -0.4 is 30.3 Å². The fourth-order valence-electron chi connectivity index (χ4n) is 3.04. The fourth-order valence-corrected chi connectivity index (χ4v) is 3.04. The maximum Gasteiger partial charge on any atom is 0.319 e. The summed E-state index contributed by atoms with van der Waals surface area (Å²) in [6, 6.07) is 12.6. The zero-order chi connectivity index (χ0) is 19.9. The Morgan fingerprint density at radius 1 is 1.14 bits per heavy atom. The van der Waals surface area contributed by atoms with Gasteiger partial charge in [-0.1, -0.05) is 18.2 Å². The second-order valence-corrected chi connectivity index (χ2v) is 6.29. The van der Waals surface area contributed by atoms with Crippen LogP contribution in [0.4, 0.5) is 16.2 Å². The summed E-state index contributed by atoms with van der Waals surface area (Å²) < 4.78 is 10.5. The summed E-state index contributed by atoms with van der Waals surface area (Å²) in [5.74, 6) is 1.21. The summed E-state index contributed by atoms with van der Waals surface area (Å²) in [6.45, 7) is 1.88. The number of nitrogens with one attached hydrogen (secondary N) is 3. The molecule has 1 aliphatic rings. The van der Waals surface area contributed by atoms with Crippen LogP contribution in [-0.4, -0.2) is 45.8 Å². The highest BCUT2D eigenvalue weighted by molar-refractivity contribution is 5.94. The number of carbonyl (C=O) groups is 2. The lowest BCUT2D eigenvalue weighted by atomic mass is 10.2. The molecule has 1 aliphatic heterocycles. The molecule has 8 nitrogen and oxygen atoms in total. The predicted octanol–water partition coefficient (Wildman–Crippen LogP) is 1.96. The molecule has 0 bridgehead atoms. The normalized spacial score (nSPS) is 13.5. The van der Waals surface area contributed by atoms with Crippen LogP contribution in [0.3, 0.4) is 0 Å². The van der Waals surface area contributed by atoms with Crippen molar-refractivity contribution in [2.75, 3.05) is 44.1 Å². The second-order valence-electron chi connectivity index (χ2n) is 6.29. The van der Waals surface area contributed by atoms with E-state index in [4.69, 9.17) is 9.47 Å². The van der Waals surface area contributed by atoms with Gasteiger partial charge in [-0.15, -0.1) is 0 Å². The van der Waals surface area contributed by atoms with Crippen LogP contribution in [0.15, 0.2) is 42.5 Å². The van der Waals surface area contributed by atoms with Crippen molar-refractivity contribution >= 4 is 23.3 Å². The van der Waals surface area contributed by atoms with Crippen molar-refractivity contribution in [1.82, 2.24) is 10.6 Å². The quantitative estimate of drug-likeness (QED) is 0.708. The molecule has 0 atom stereocenters. The average Bonchev–Trinajstić information content (AvgIpc) is 2.72. The van der Waals surface area contributed by atoms with Gasteiger partial charge in [-0.25, -0.2) is 4.79 Å². The molecule has 0 saturated carbocycles. The van der Waals surface area contributed by atoms with E-state index in [-0.39, 0.29) is 18.5 Å². The summed E-state index contributed by atoms with van der Waals surface area (Å²) in [6.07, 6.45) is 0. The molecule has 3 amide bonds. The van der Waals surface area contributed by atoms with Crippen molar-refractivity contribution < 1.29 is 19.1 Å². The lowest BCUT2D eigenvalue weighted by Gasteiger charge is -2.30. The third-order valence-electron chi connectivity index (χ3n) is 4.43. The number of carbonyl (C=O) groups excluding carboxylic acids is 2. The highest BCUT2D eigenvalue weighted by atomic mass is 16.5. The lowest BCUT2D eigenvalue weighted by molar-refractivity contribution is -0.120. The Labute approximate surface area is 163 Å². The third-order valence-corrected chi connectivity index (χ3v) is 4.43. The van der Waals surface area contributed by atoms with Gasteiger partial charge < -0.3 is 30.3 Å². The zero-order valence-corrected chi connectivity index (χ0v) is 16.0. The SMILES string of the molecule is COc1ccc(CNC(=O)Nc2ccccc2N2CCNC(=O)C2)cc1OC. The van der Waals surface area contributed by atoms with Crippen molar-refractivity contribution in [3.63, 3.8) is 0 Å². The molecule has 1 saturated heterocycles. The molecule has 28 heavy (non-hydrogen) atoms. The maximum atomic E-state index is 12.4. The van der Waals surface area contributed by atoms with Gasteiger partial charge in [-0.3, -0.25) is 4.79 Å². The summed E-state index contributed by atoms with van der Waals surface area (Å²) in [5, 5.41) is 8.49. The van der Waals surface area contributed by atoms with Gasteiger partial charge in [0.25, 0.3) is 0 Å². The van der Waals surface area contributed by atoms with Gasteiger partial charge in [0.05, 0.1) is 32.1 Å². The number of amides is 3. The topological polar surface area (TPSA) is 91.9 Å². The number of hydrogen-bond acceptors (Lipinski definition) is 5. The van der Waals surface area contributed by atoms with Crippen molar-refractivity contribution in [3.05, 3.63) is 48.0 Å². The maximum absolute atomic E-state index is 12.4. The first-order valence-electron chi connectivity index (χ1n) is 8.97. The van der Waals surface area contributed by atoms with E-state index in [1.54, 1.807) is 20.3 Å². The number of urea groups is 1. The molecule has 8 heteroatoms. The summed E-state index contributed by atoms with van der Waals surface area (Å²) in [5.41, 5.74) is 2.36. The molecule has 2 aromatic rings. The molecule has 2 aromatic carbocycles. The van der Waals surface area contributed by atoms with Crippen LogP contribution in [0.25, 0.3) is 0 Å². The number of ether oxygens (including phenoxy) is 2. The van der Waals surface area contributed by atoms with Gasteiger partial charge >= 0.3 is 6.03 Å². The van der Waals surface area contributed by atoms with Crippen LogP contribution >= 0.6 is 0 Å². The van der Waals surface area contributed by atoms with E-state index in [0.717, 1.165) is 11.3 Å². The standard InChI is InChI=1S/C20H24N4O4/c1-27-17-8-7-14(11-18(17)28-2)12-22-20(26)23-15-5-3-4-6-16(15)24-10-9-21-19(25)13-24/h3-8,11H,9-10,12-13H2,1-2H3,(H,21,25)(H2,22,23,26). The van der Waals surface area contributed by atoms with Crippen LogP contribution in [0.5, 0.6) is 11.5 Å². The Morgan fingerprint density at radius 3 is 2.68 bits per heavy atom. The Balaban J connectivity index is 1.63. The monoisotopic (exact) mass is 384 g/mol. The molecule has 0 spiro atoms. The van der Waals surface area contributed by atoms with Crippen molar-refractivity contribution in [3.8, 4) is 11.5 Å². The number of rotatable bonds is 6. The second kappa shape index (κ2) is 8.98. The van der Waals surface area contributed by atoms with E-state index in [1.807, 2.05) is 41.3 Å². The van der Waals surface area contributed by atoms with Crippen molar-refractivity contribution in [1.29, 1.82) is 0 Å². The van der Waals surface area contributed by atoms with E-state index in [0.29, 0.717) is 36.8 Å². The fraction of sp³-hybridized carbons (Fsp3) is 0.300. The molecule has 1 heterocycles. The first-order chi connectivity index (χ1) is 13.6. The van der Waals surface area contributed by atoms with E-state index in [1.165, 1.54) is 0 Å². The predicted molar refractivity (Wildman–Crippen MR) is 107 cm³/mol. The molecule has 0 radical (unpaired) electrons. The van der Waals surface area contributed by atoms with Crippen molar-refractivity contribution in [2.45, 2.75) is 6.54 Å². The minimum Gasteiger partial charge on any atom is -0.493 e. The highest BCUT2D eigenvalue weighted by Gasteiger charge is 2.19. The number of piperazine rings is 1. The Bertz CT molecular complexity index is 856. The number of hydrogen-bond donors (Lipinski definition) is 3. The molecule has 0 aromatic heterocycles. The summed E-state index contributed by atoms with van der Waals surface area (Å²) in [7, 11) is 3.15. The molecular weight excluding hydrogens is 360 g/mol. The molecule has 0 unspecified atom stereocenters.